The fraction of sp³-hybridized carbons (Fsp3) is 0.545. The summed E-state index contributed by atoms with van der Waals surface area (Å²) in [6, 6.07) is 2.80. The van der Waals surface area contributed by atoms with E-state index in [1.54, 1.807) is 0 Å². The van der Waals surface area contributed by atoms with E-state index in [0.29, 0.717) is 25.9 Å². The van der Waals surface area contributed by atoms with Crippen molar-refractivity contribution in [3.63, 3.8) is 0 Å². The van der Waals surface area contributed by atoms with Gasteiger partial charge in [0.1, 0.15) is 5.15 Å². The summed E-state index contributed by atoms with van der Waals surface area (Å²) in [6.07, 6.45) is 2.76. The first-order valence-electron chi connectivity index (χ1n) is 5.76. The van der Waals surface area contributed by atoms with Gasteiger partial charge in [-0.15, -0.1) is 0 Å². The molecule has 0 spiro atoms. The van der Waals surface area contributed by atoms with Crippen LogP contribution in [-0.4, -0.2) is 42.5 Å². The highest BCUT2D eigenvalue weighted by molar-refractivity contribution is 7.89. The molecule has 1 aliphatic heterocycles. The summed E-state index contributed by atoms with van der Waals surface area (Å²) in [4.78, 5) is 3.94. The van der Waals surface area contributed by atoms with E-state index >= 15 is 0 Å². The highest BCUT2D eigenvalue weighted by Gasteiger charge is 2.29. The molecule has 1 saturated heterocycles. The molecule has 0 bridgehead atoms. The van der Waals surface area contributed by atoms with Crippen LogP contribution in [0.3, 0.4) is 0 Å². The number of aliphatic hydroxyl groups is 1. The van der Waals surface area contributed by atoms with Gasteiger partial charge < -0.3 is 5.11 Å². The second kappa shape index (κ2) is 5.52. The van der Waals surface area contributed by atoms with Gasteiger partial charge in [0.15, 0.2) is 0 Å². The Morgan fingerprint density at radius 1 is 1.44 bits per heavy atom. The van der Waals surface area contributed by atoms with Crippen molar-refractivity contribution in [2.75, 3.05) is 19.7 Å². The lowest BCUT2D eigenvalue weighted by atomic mass is 10.00. The van der Waals surface area contributed by atoms with Crippen molar-refractivity contribution in [1.29, 1.82) is 0 Å². The average Bonchev–Trinajstić information content (AvgIpc) is 2.39. The molecule has 2 heterocycles. The third-order valence-corrected chi connectivity index (χ3v) is 5.27. The first kappa shape index (κ1) is 13.7. The molecule has 0 atom stereocenters. The maximum absolute atomic E-state index is 12.3. The van der Waals surface area contributed by atoms with Crippen molar-refractivity contribution in [2.45, 2.75) is 17.7 Å². The van der Waals surface area contributed by atoms with Gasteiger partial charge in [0.25, 0.3) is 0 Å². The second-order valence-electron chi connectivity index (χ2n) is 4.34. The Hall–Kier alpha value is -0.690. The lowest BCUT2D eigenvalue weighted by Gasteiger charge is -2.30. The molecular weight excluding hydrogens is 276 g/mol. The molecule has 0 aliphatic carbocycles. The predicted molar refractivity (Wildman–Crippen MR) is 67.8 cm³/mol. The molecule has 2 rings (SSSR count). The van der Waals surface area contributed by atoms with Gasteiger partial charge in [0, 0.05) is 25.9 Å². The van der Waals surface area contributed by atoms with Crippen molar-refractivity contribution >= 4 is 21.6 Å². The van der Waals surface area contributed by atoms with Crippen molar-refractivity contribution in [1.82, 2.24) is 9.29 Å². The Labute approximate surface area is 111 Å². The molecule has 0 amide bonds. The Morgan fingerprint density at radius 3 is 2.67 bits per heavy atom. The van der Waals surface area contributed by atoms with Crippen LogP contribution in [0.15, 0.2) is 23.2 Å². The normalized spacial score (nSPS) is 19.0. The smallest absolute Gasteiger partial charge is 0.243 e. The number of pyridine rings is 1. The predicted octanol–water partition coefficient (Wildman–Crippen LogP) is 1.13. The third kappa shape index (κ3) is 2.83. The van der Waals surface area contributed by atoms with Crippen LogP contribution in [0, 0.1) is 5.92 Å². The summed E-state index contributed by atoms with van der Waals surface area (Å²) in [7, 11) is -3.49. The number of sulfonamides is 1. The zero-order chi connectivity index (χ0) is 13.2. The van der Waals surface area contributed by atoms with Crippen molar-refractivity contribution in [2.24, 2.45) is 5.92 Å². The molecule has 1 fully saturated rings. The number of piperidine rings is 1. The van der Waals surface area contributed by atoms with Gasteiger partial charge in [0.2, 0.25) is 10.0 Å². The number of hydrogen-bond donors (Lipinski definition) is 1. The molecule has 1 aliphatic rings. The quantitative estimate of drug-likeness (QED) is 0.847. The van der Waals surface area contributed by atoms with E-state index in [-0.39, 0.29) is 22.6 Å². The fourth-order valence-corrected chi connectivity index (χ4v) is 3.75. The number of hydrogen-bond acceptors (Lipinski definition) is 4. The monoisotopic (exact) mass is 290 g/mol. The molecule has 1 N–H and O–H groups in total. The summed E-state index contributed by atoms with van der Waals surface area (Å²) in [5.74, 6) is 0.206. The Morgan fingerprint density at radius 2 is 2.11 bits per heavy atom. The standard InChI is InChI=1S/C11H15ClN2O3S/c12-11-7-10(1-4-13-11)18(16,17)14-5-2-9(8-15)3-6-14/h1,4,7,9,15H,2-3,5-6,8H2. The van der Waals surface area contributed by atoms with Crippen molar-refractivity contribution in [3.8, 4) is 0 Å². The van der Waals surface area contributed by atoms with E-state index in [0.717, 1.165) is 0 Å². The highest BCUT2D eigenvalue weighted by Crippen LogP contribution is 2.24. The van der Waals surface area contributed by atoms with Gasteiger partial charge in [0.05, 0.1) is 4.90 Å². The van der Waals surface area contributed by atoms with Crippen LogP contribution in [0.2, 0.25) is 5.15 Å². The number of nitrogens with zero attached hydrogens (tertiary/aromatic N) is 2. The third-order valence-electron chi connectivity index (χ3n) is 3.17. The average molecular weight is 291 g/mol. The molecule has 18 heavy (non-hydrogen) atoms. The largest absolute Gasteiger partial charge is 0.396 e. The molecule has 0 saturated carbocycles. The summed E-state index contributed by atoms with van der Waals surface area (Å²) in [5, 5.41) is 9.21. The molecule has 0 radical (unpaired) electrons. The lowest BCUT2D eigenvalue weighted by Crippen LogP contribution is -2.39. The molecule has 0 unspecified atom stereocenters. The number of aliphatic hydroxyl groups excluding tert-OH is 1. The Balaban J connectivity index is 2.17. The van der Waals surface area contributed by atoms with Gasteiger partial charge in [-0.05, 0) is 30.9 Å². The maximum Gasteiger partial charge on any atom is 0.243 e. The molecule has 100 valence electrons. The van der Waals surface area contributed by atoms with E-state index in [1.165, 1.54) is 22.6 Å². The minimum atomic E-state index is -3.49. The number of aromatic nitrogens is 1. The van der Waals surface area contributed by atoms with Crippen LogP contribution < -0.4 is 0 Å². The summed E-state index contributed by atoms with van der Waals surface area (Å²) < 4.78 is 26.1. The fourth-order valence-electron chi connectivity index (χ4n) is 2.03. The number of halogens is 1. The molecule has 7 heteroatoms. The first-order valence-corrected chi connectivity index (χ1v) is 7.58. The highest BCUT2D eigenvalue weighted by atomic mass is 35.5. The van der Waals surface area contributed by atoms with Crippen LogP contribution >= 0.6 is 11.6 Å². The Kier molecular flexibility index (Phi) is 4.21. The van der Waals surface area contributed by atoms with Gasteiger partial charge in [-0.1, -0.05) is 11.6 Å². The first-order chi connectivity index (χ1) is 8.54. The van der Waals surface area contributed by atoms with E-state index in [4.69, 9.17) is 16.7 Å². The SMILES string of the molecule is O=S(=O)(c1ccnc(Cl)c1)N1CCC(CO)CC1. The zero-order valence-corrected chi connectivity index (χ0v) is 11.4. The van der Waals surface area contributed by atoms with Crippen LogP contribution in [0.1, 0.15) is 12.8 Å². The van der Waals surface area contributed by atoms with Gasteiger partial charge >= 0.3 is 0 Å². The molecular formula is C11H15ClN2O3S. The summed E-state index contributed by atoms with van der Waals surface area (Å²) >= 11 is 5.71. The zero-order valence-electron chi connectivity index (χ0n) is 9.79. The van der Waals surface area contributed by atoms with Crippen LogP contribution in [0.5, 0.6) is 0 Å². The molecule has 1 aromatic heterocycles. The van der Waals surface area contributed by atoms with Crippen LogP contribution in [0.4, 0.5) is 0 Å². The maximum atomic E-state index is 12.3. The number of rotatable bonds is 3. The van der Waals surface area contributed by atoms with E-state index in [2.05, 4.69) is 4.98 Å². The van der Waals surface area contributed by atoms with E-state index in [1.807, 2.05) is 0 Å². The topological polar surface area (TPSA) is 70.5 Å². The Bertz CT molecular complexity index is 513. The van der Waals surface area contributed by atoms with Gasteiger partial charge in [-0.3, -0.25) is 0 Å². The van der Waals surface area contributed by atoms with E-state index in [9.17, 15) is 8.42 Å². The minimum Gasteiger partial charge on any atom is -0.396 e. The second-order valence-corrected chi connectivity index (χ2v) is 6.67. The summed E-state index contributed by atoms with van der Waals surface area (Å²) in [5.41, 5.74) is 0. The van der Waals surface area contributed by atoms with Gasteiger partial charge in [-0.2, -0.15) is 4.31 Å². The van der Waals surface area contributed by atoms with Crippen LogP contribution in [-0.2, 0) is 10.0 Å². The molecule has 1 aromatic rings. The minimum absolute atomic E-state index is 0.120. The van der Waals surface area contributed by atoms with E-state index < -0.39 is 10.0 Å². The van der Waals surface area contributed by atoms with Crippen LogP contribution in [0.25, 0.3) is 0 Å². The molecule has 0 aromatic carbocycles. The van der Waals surface area contributed by atoms with Crippen molar-refractivity contribution < 1.29 is 13.5 Å². The molecule has 5 nitrogen and oxygen atoms in total. The van der Waals surface area contributed by atoms with Crippen molar-refractivity contribution in [3.05, 3.63) is 23.5 Å². The lowest BCUT2D eigenvalue weighted by molar-refractivity contribution is 0.170. The summed E-state index contributed by atoms with van der Waals surface area (Å²) in [6.45, 7) is 0.996. The van der Waals surface area contributed by atoms with Gasteiger partial charge in [-0.25, -0.2) is 13.4 Å².